The van der Waals surface area contributed by atoms with Gasteiger partial charge in [0.15, 0.2) is 11.4 Å². The number of rotatable bonds is 8. The van der Waals surface area contributed by atoms with Crippen LogP contribution in [0.15, 0.2) is 99.9 Å². The number of thiazole rings is 1. The lowest BCUT2D eigenvalue weighted by atomic mass is 9.95. The molecule has 4 aromatic rings. The Bertz CT molecular complexity index is 1810. The molecule has 9 nitrogen and oxygen atoms in total. The Morgan fingerprint density at radius 1 is 1.05 bits per heavy atom. The van der Waals surface area contributed by atoms with Crippen LogP contribution in [0.4, 0.5) is 5.69 Å². The Kier molecular flexibility index (Phi) is 7.61. The zero-order valence-electron chi connectivity index (χ0n) is 21.7. The summed E-state index contributed by atoms with van der Waals surface area (Å²) in [6.07, 6.45) is 1.70. The van der Waals surface area contributed by atoms with Crippen LogP contribution in [0.1, 0.15) is 24.1 Å². The van der Waals surface area contributed by atoms with Gasteiger partial charge in [0, 0.05) is 5.69 Å². The highest BCUT2D eigenvalue weighted by molar-refractivity contribution is 7.07. The highest BCUT2D eigenvalue weighted by Gasteiger charge is 2.32. The van der Waals surface area contributed by atoms with Crippen LogP contribution in [0.5, 0.6) is 11.5 Å². The highest BCUT2D eigenvalue weighted by atomic mass is 32.1. The molecule has 0 bridgehead atoms. The SMILES string of the molecule is COc1cccc(C2C(C(=O)Nc3ccccc3)=C(C)N=c3s/c(=C\c4cccc(OCC(=O)O)c4)c(=O)n32)c1. The molecule has 40 heavy (non-hydrogen) atoms. The number of allylic oxidation sites excluding steroid dienone is 1. The monoisotopic (exact) mass is 555 g/mol. The third-order valence-electron chi connectivity index (χ3n) is 6.23. The van der Waals surface area contributed by atoms with Crippen molar-refractivity contribution >= 4 is 35.0 Å². The van der Waals surface area contributed by atoms with Crippen LogP contribution in [0, 0.1) is 0 Å². The first-order chi connectivity index (χ1) is 19.3. The quantitative estimate of drug-likeness (QED) is 0.344. The summed E-state index contributed by atoms with van der Waals surface area (Å²) in [6, 6.07) is 22.4. The van der Waals surface area contributed by atoms with Gasteiger partial charge in [0.05, 0.1) is 29.0 Å². The Labute approximate surface area is 233 Å². The van der Waals surface area contributed by atoms with Gasteiger partial charge in [0.25, 0.3) is 11.5 Å². The summed E-state index contributed by atoms with van der Waals surface area (Å²) >= 11 is 1.21. The van der Waals surface area contributed by atoms with Crippen LogP contribution in [-0.2, 0) is 9.59 Å². The second-order valence-electron chi connectivity index (χ2n) is 8.93. The van der Waals surface area contributed by atoms with Crippen LogP contribution in [0.25, 0.3) is 6.08 Å². The first kappa shape index (κ1) is 26.6. The number of nitrogens with zero attached hydrogens (tertiary/aromatic N) is 2. The van der Waals surface area contributed by atoms with Gasteiger partial charge in [-0.1, -0.05) is 53.8 Å². The summed E-state index contributed by atoms with van der Waals surface area (Å²) in [4.78, 5) is 43.5. The van der Waals surface area contributed by atoms with Crippen molar-refractivity contribution in [2.45, 2.75) is 13.0 Å². The van der Waals surface area contributed by atoms with Gasteiger partial charge in [0.2, 0.25) is 0 Å². The normalized spacial score (nSPS) is 14.8. The third kappa shape index (κ3) is 5.57. The Morgan fingerprint density at radius 2 is 1.80 bits per heavy atom. The predicted molar refractivity (Wildman–Crippen MR) is 151 cm³/mol. The summed E-state index contributed by atoms with van der Waals surface area (Å²) < 4.78 is 12.6. The number of benzene rings is 3. The molecule has 0 fully saturated rings. The van der Waals surface area contributed by atoms with Crippen molar-refractivity contribution in [1.29, 1.82) is 0 Å². The van der Waals surface area contributed by atoms with E-state index < -0.39 is 18.6 Å². The van der Waals surface area contributed by atoms with Crippen molar-refractivity contribution in [2.24, 2.45) is 4.99 Å². The third-order valence-corrected chi connectivity index (χ3v) is 7.21. The van der Waals surface area contributed by atoms with Gasteiger partial charge in [-0.05, 0) is 60.5 Å². The maximum absolute atomic E-state index is 13.9. The molecular formula is C30H25N3O6S. The number of carbonyl (C=O) groups is 2. The van der Waals surface area contributed by atoms with E-state index >= 15 is 0 Å². The number of hydrogen-bond acceptors (Lipinski definition) is 7. The minimum absolute atomic E-state index is 0.314. The number of amides is 1. The minimum atomic E-state index is -1.08. The average molecular weight is 556 g/mol. The smallest absolute Gasteiger partial charge is 0.341 e. The summed E-state index contributed by atoms with van der Waals surface area (Å²) in [7, 11) is 1.56. The molecule has 202 valence electrons. The van der Waals surface area contributed by atoms with Gasteiger partial charge >= 0.3 is 5.97 Å². The van der Waals surface area contributed by atoms with Crippen LogP contribution >= 0.6 is 11.3 Å². The van der Waals surface area contributed by atoms with Crippen molar-refractivity contribution in [3.63, 3.8) is 0 Å². The zero-order valence-corrected chi connectivity index (χ0v) is 22.5. The van der Waals surface area contributed by atoms with E-state index in [4.69, 9.17) is 14.6 Å². The van der Waals surface area contributed by atoms with Gasteiger partial charge < -0.3 is 19.9 Å². The number of nitrogens with one attached hydrogen (secondary N) is 1. The number of methoxy groups -OCH3 is 1. The number of ether oxygens (including phenoxy) is 2. The van der Waals surface area contributed by atoms with Crippen LogP contribution < -0.4 is 29.7 Å². The molecule has 0 saturated carbocycles. The number of para-hydroxylation sites is 1. The molecule has 5 rings (SSSR count). The first-order valence-corrected chi connectivity index (χ1v) is 13.1. The van der Waals surface area contributed by atoms with Crippen molar-refractivity contribution in [3.8, 4) is 11.5 Å². The van der Waals surface area contributed by atoms with Gasteiger partial charge in [-0.15, -0.1) is 0 Å². The molecule has 2 heterocycles. The molecule has 0 spiro atoms. The highest BCUT2D eigenvalue weighted by Crippen LogP contribution is 2.32. The second kappa shape index (κ2) is 11.4. The number of carboxylic acid groups (broad SMARTS) is 1. The molecule has 0 saturated heterocycles. The van der Waals surface area contributed by atoms with Gasteiger partial charge in [0.1, 0.15) is 11.5 Å². The maximum Gasteiger partial charge on any atom is 0.341 e. The lowest BCUT2D eigenvalue weighted by Crippen LogP contribution is -2.40. The fourth-order valence-corrected chi connectivity index (χ4v) is 5.50. The molecular weight excluding hydrogens is 530 g/mol. The van der Waals surface area contributed by atoms with Gasteiger partial charge in [-0.25, -0.2) is 9.79 Å². The molecule has 2 N–H and O–H groups in total. The van der Waals surface area contributed by atoms with E-state index in [1.807, 2.05) is 30.3 Å². The number of fused-ring (bicyclic) bond motifs is 1. The van der Waals surface area contributed by atoms with E-state index in [0.717, 1.165) is 0 Å². The van der Waals surface area contributed by atoms with E-state index in [0.29, 0.717) is 48.9 Å². The number of carbonyl (C=O) groups excluding carboxylic acids is 1. The summed E-state index contributed by atoms with van der Waals surface area (Å²) in [6.45, 7) is 1.28. The summed E-state index contributed by atoms with van der Waals surface area (Å²) in [5.41, 5.74) is 2.51. The molecule has 0 aliphatic carbocycles. The Hall–Kier alpha value is -4.96. The molecule has 3 aromatic carbocycles. The van der Waals surface area contributed by atoms with Crippen LogP contribution in [0.3, 0.4) is 0 Å². The van der Waals surface area contributed by atoms with Crippen molar-refractivity contribution in [1.82, 2.24) is 4.57 Å². The van der Waals surface area contributed by atoms with E-state index in [-0.39, 0.29) is 11.5 Å². The van der Waals surface area contributed by atoms with E-state index in [1.165, 1.54) is 15.9 Å². The molecule has 10 heteroatoms. The Balaban J connectivity index is 1.63. The van der Waals surface area contributed by atoms with Crippen molar-refractivity contribution in [3.05, 3.63) is 121 Å². The van der Waals surface area contributed by atoms with Crippen LogP contribution in [0.2, 0.25) is 0 Å². The number of anilines is 1. The van der Waals surface area contributed by atoms with E-state index in [9.17, 15) is 14.4 Å². The van der Waals surface area contributed by atoms with Crippen LogP contribution in [-0.4, -0.2) is 35.3 Å². The maximum atomic E-state index is 13.9. The largest absolute Gasteiger partial charge is 0.497 e. The van der Waals surface area contributed by atoms with E-state index in [1.54, 1.807) is 68.6 Å². The number of aromatic nitrogens is 1. The Morgan fingerprint density at radius 3 is 2.55 bits per heavy atom. The second-order valence-corrected chi connectivity index (χ2v) is 9.94. The molecule has 1 amide bonds. The molecule has 1 atom stereocenters. The van der Waals surface area contributed by atoms with Crippen molar-refractivity contribution < 1.29 is 24.2 Å². The average Bonchev–Trinajstić information content (AvgIpc) is 3.25. The topological polar surface area (TPSA) is 119 Å². The number of carboxylic acids is 1. The zero-order chi connectivity index (χ0) is 28.2. The first-order valence-electron chi connectivity index (χ1n) is 12.3. The molecule has 1 unspecified atom stereocenters. The van der Waals surface area contributed by atoms with Gasteiger partial charge in [-0.2, -0.15) is 0 Å². The number of hydrogen-bond donors (Lipinski definition) is 2. The molecule has 1 aromatic heterocycles. The van der Waals surface area contributed by atoms with Crippen molar-refractivity contribution in [2.75, 3.05) is 19.0 Å². The lowest BCUT2D eigenvalue weighted by molar-refractivity contribution is -0.139. The fourth-order valence-electron chi connectivity index (χ4n) is 4.45. The summed E-state index contributed by atoms with van der Waals surface area (Å²) in [5, 5.41) is 11.8. The standard InChI is InChI=1S/C30H25N3O6S/c1-18-26(28(36)32-21-10-4-3-5-11-21)27(20-9-7-12-22(16-20)38-2)33-29(37)24(40-30(33)31-18)15-19-8-6-13-23(14-19)39-17-25(34)35/h3-16,27H,17H2,1-2H3,(H,32,36)(H,34,35)/b24-15-. The number of aliphatic carboxylic acids is 1. The molecule has 1 aliphatic heterocycles. The predicted octanol–water partition coefficient (Wildman–Crippen LogP) is 3.35. The molecule has 1 aliphatic rings. The minimum Gasteiger partial charge on any atom is -0.497 e. The van der Waals surface area contributed by atoms with Gasteiger partial charge in [-0.3, -0.25) is 14.2 Å². The molecule has 0 radical (unpaired) electrons. The lowest BCUT2D eigenvalue weighted by Gasteiger charge is -2.25. The fraction of sp³-hybridized carbons (Fsp3) is 0.133. The van der Waals surface area contributed by atoms with E-state index in [2.05, 4.69) is 10.3 Å². The summed E-state index contributed by atoms with van der Waals surface area (Å²) in [5.74, 6) is -0.485.